The summed E-state index contributed by atoms with van der Waals surface area (Å²) in [6.45, 7) is 1.76. The summed E-state index contributed by atoms with van der Waals surface area (Å²) in [6.07, 6.45) is 1.82. The van der Waals surface area contributed by atoms with Gasteiger partial charge in [-0.15, -0.1) is 0 Å². The second kappa shape index (κ2) is 8.01. The quantitative estimate of drug-likeness (QED) is 0.343. The van der Waals surface area contributed by atoms with Gasteiger partial charge in [0.15, 0.2) is 5.82 Å². The number of nitrogens with one attached hydrogen (secondary N) is 3. The molecule has 3 aromatic carbocycles. The fraction of sp³-hybridized carbons (Fsp3) is 0.222. The molecule has 0 aliphatic carbocycles. The summed E-state index contributed by atoms with van der Waals surface area (Å²) in [7, 11) is 1.66. The van der Waals surface area contributed by atoms with Gasteiger partial charge < -0.3 is 19.6 Å². The number of aromatic amines is 3. The first-order valence-corrected chi connectivity index (χ1v) is 12.1. The molecule has 0 saturated carbocycles. The first-order valence-electron chi connectivity index (χ1n) is 12.1. The molecule has 0 bridgehead atoms. The van der Waals surface area contributed by atoms with E-state index in [1.54, 1.807) is 7.11 Å². The van der Waals surface area contributed by atoms with Crippen molar-refractivity contribution in [3.8, 4) is 17.3 Å². The van der Waals surface area contributed by atoms with E-state index < -0.39 is 0 Å². The minimum Gasteiger partial charge on any atom is -0.497 e. The van der Waals surface area contributed by atoms with Gasteiger partial charge in [0, 0.05) is 30.2 Å². The van der Waals surface area contributed by atoms with Crippen LogP contribution in [0.5, 0.6) is 5.75 Å². The molecule has 1 saturated heterocycles. The zero-order valence-electron chi connectivity index (χ0n) is 19.8. The predicted molar refractivity (Wildman–Crippen MR) is 141 cm³/mol. The molecule has 180 valence electrons. The maximum absolute atomic E-state index is 12.6. The van der Waals surface area contributed by atoms with E-state index in [1.807, 2.05) is 47.0 Å². The van der Waals surface area contributed by atoms with Crippen LogP contribution >= 0.6 is 0 Å². The Morgan fingerprint density at radius 2 is 1.81 bits per heavy atom. The fourth-order valence-electron chi connectivity index (χ4n) is 5.43. The number of benzene rings is 3. The molecule has 9 heteroatoms. The smallest absolute Gasteiger partial charge is 0.326 e. The van der Waals surface area contributed by atoms with Crippen molar-refractivity contribution in [3.63, 3.8) is 0 Å². The second-order valence-electron chi connectivity index (χ2n) is 9.31. The lowest BCUT2D eigenvalue weighted by molar-refractivity contribution is 0.396. The Bertz CT molecular complexity index is 1780. The lowest BCUT2D eigenvalue weighted by Crippen LogP contribution is -2.37. The number of methoxy groups -OCH3 is 1. The molecular formula is C27H25N7O2. The minimum atomic E-state index is -0.0235. The van der Waals surface area contributed by atoms with E-state index in [4.69, 9.17) is 9.72 Å². The van der Waals surface area contributed by atoms with Crippen molar-refractivity contribution in [1.29, 1.82) is 0 Å². The Kier molecular flexibility index (Phi) is 4.63. The van der Waals surface area contributed by atoms with Crippen molar-refractivity contribution < 1.29 is 4.74 Å². The Labute approximate surface area is 205 Å². The summed E-state index contributed by atoms with van der Waals surface area (Å²) in [5, 5.41) is 8.53. The first-order chi connectivity index (χ1) is 17.7. The van der Waals surface area contributed by atoms with Crippen molar-refractivity contribution in [3.05, 3.63) is 71.1 Å². The van der Waals surface area contributed by atoms with Crippen LogP contribution in [-0.2, 0) is 0 Å². The lowest BCUT2D eigenvalue weighted by Gasteiger charge is -2.34. The number of para-hydroxylation sites is 2. The van der Waals surface area contributed by atoms with Crippen LogP contribution in [0.25, 0.3) is 44.5 Å². The van der Waals surface area contributed by atoms with Crippen molar-refractivity contribution in [1.82, 2.24) is 29.7 Å². The lowest BCUT2D eigenvalue weighted by atomic mass is 10.0. The number of H-pyrrole nitrogens is 3. The van der Waals surface area contributed by atoms with E-state index in [0.717, 1.165) is 81.9 Å². The van der Waals surface area contributed by atoms with Crippen molar-refractivity contribution in [2.24, 2.45) is 0 Å². The molecule has 1 aliphatic heterocycles. The average Bonchev–Trinajstić information content (AvgIpc) is 3.61. The summed E-state index contributed by atoms with van der Waals surface area (Å²) < 4.78 is 7.32. The number of aromatic nitrogens is 6. The summed E-state index contributed by atoms with van der Waals surface area (Å²) in [5.41, 5.74) is 6.57. The van der Waals surface area contributed by atoms with E-state index in [2.05, 4.69) is 43.3 Å². The molecule has 36 heavy (non-hydrogen) atoms. The van der Waals surface area contributed by atoms with Crippen LogP contribution in [0.2, 0.25) is 0 Å². The molecule has 7 rings (SSSR count). The largest absolute Gasteiger partial charge is 0.497 e. The summed E-state index contributed by atoms with van der Waals surface area (Å²) in [6, 6.07) is 20.3. The van der Waals surface area contributed by atoms with Gasteiger partial charge in [0.1, 0.15) is 11.4 Å². The van der Waals surface area contributed by atoms with Crippen LogP contribution in [0, 0.1) is 0 Å². The molecule has 0 spiro atoms. The number of piperidine rings is 1. The normalized spacial score (nSPS) is 14.9. The number of hydrogen-bond acceptors (Lipinski definition) is 5. The molecule has 4 heterocycles. The predicted octanol–water partition coefficient (Wildman–Crippen LogP) is 4.60. The number of imidazole rings is 2. The van der Waals surface area contributed by atoms with Crippen LogP contribution < -0.4 is 15.3 Å². The summed E-state index contributed by atoms with van der Waals surface area (Å²) in [4.78, 5) is 26.2. The number of anilines is 1. The van der Waals surface area contributed by atoms with Gasteiger partial charge in [0.05, 0.1) is 34.7 Å². The summed E-state index contributed by atoms with van der Waals surface area (Å²) in [5.74, 6) is 1.50. The van der Waals surface area contributed by atoms with Gasteiger partial charge in [0.25, 0.3) is 0 Å². The van der Waals surface area contributed by atoms with E-state index in [0.29, 0.717) is 0 Å². The summed E-state index contributed by atoms with van der Waals surface area (Å²) >= 11 is 0. The van der Waals surface area contributed by atoms with Gasteiger partial charge in [-0.05, 0) is 61.4 Å². The van der Waals surface area contributed by atoms with Crippen LogP contribution in [0.1, 0.15) is 18.9 Å². The van der Waals surface area contributed by atoms with Crippen molar-refractivity contribution >= 4 is 38.7 Å². The maximum Gasteiger partial charge on any atom is 0.326 e. The third-order valence-electron chi connectivity index (χ3n) is 7.28. The molecule has 6 aromatic rings. The molecule has 3 aromatic heterocycles. The molecule has 0 radical (unpaired) electrons. The monoisotopic (exact) mass is 479 g/mol. The molecule has 3 N–H and O–H groups in total. The van der Waals surface area contributed by atoms with Crippen molar-refractivity contribution in [2.45, 2.75) is 18.9 Å². The van der Waals surface area contributed by atoms with Crippen LogP contribution in [0.4, 0.5) is 5.69 Å². The Hall–Kier alpha value is -4.53. The van der Waals surface area contributed by atoms with E-state index in [-0.39, 0.29) is 11.7 Å². The first kappa shape index (κ1) is 20.8. The molecule has 1 fully saturated rings. The molecule has 1 aliphatic rings. The van der Waals surface area contributed by atoms with Gasteiger partial charge >= 0.3 is 5.69 Å². The average molecular weight is 480 g/mol. The van der Waals surface area contributed by atoms with Crippen LogP contribution in [-0.4, -0.2) is 49.9 Å². The Morgan fingerprint density at radius 1 is 0.944 bits per heavy atom. The highest BCUT2D eigenvalue weighted by atomic mass is 16.5. The van der Waals surface area contributed by atoms with E-state index >= 15 is 0 Å². The molecule has 0 unspecified atom stereocenters. The molecule has 9 nitrogen and oxygen atoms in total. The van der Waals surface area contributed by atoms with Crippen LogP contribution in [0.15, 0.2) is 65.5 Å². The van der Waals surface area contributed by atoms with Gasteiger partial charge in [-0.25, -0.2) is 9.78 Å². The molecule has 0 atom stereocenters. The number of ether oxygens (including phenoxy) is 1. The minimum absolute atomic E-state index is 0.0235. The van der Waals surface area contributed by atoms with E-state index in [9.17, 15) is 4.79 Å². The number of fused-ring (bicyclic) bond motifs is 3. The SMILES string of the molecule is COc1ccc2[nH]nc(-c3nc4ccc(N5CCC(n6c(=O)[nH]c7ccccc76)CC5)cc4[nH]3)c2c1. The third kappa shape index (κ3) is 3.27. The molecular weight excluding hydrogens is 454 g/mol. The maximum atomic E-state index is 12.6. The third-order valence-corrected chi connectivity index (χ3v) is 7.28. The van der Waals surface area contributed by atoms with Gasteiger partial charge in [0.2, 0.25) is 0 Å². The highest BCUT2D eigenvalue weighted by Gasteiger charge is 2.24. The topological polar surface area (TPSA) is 108 Å². The Balaban J connectivity index is 1.15. The number of rotatable bonds is 4. The van der Waals surface area contributed by atoms with Gasteiger partial charge in [-0.1, -0.05) is 12.1 Å². The molecule has 0 amide bonds. The van der Waals surface area contributed by atoms with Gasteiger partial charge in [-0.3, -0.25) is 9.67 Å². The van der Waals surface area contributed by atoms with Gasteiger partial charge in [-0.2, -0.15) is 5.10 Å². The Morgan fingerprint density at radius 3 is 2.67 bits per heavy atom. The number of nitrogens with zero attached hydrogens (tertiary/aromatic N) is 4. The standard InChI is InChI=1S/C27H25N7O2/c1-36-18-7-9-20-19(15-18)25(32-31-20)26-28-21-8-6-17(14-23(21)29-26)33-12-10-16(11-13-33)34-24-5-3-2-4-22(24)30-27(34)35/h2-9,14-16H,10-13H2,1H3,(H,28,29)(H,30,35)(H,31,32). The van der Waals surface area contributed by atoms with Crippen molar-refractivity contribution in [2.75, 3.05) is 25.1 Å². The fourth-order valence-corrected chi connectivity index (χ4v) is 5.43. The zero-order chi connectivity index (χ0) is 24.2. The van der Waals surface area contributed by atoms with E-state index in [1.165, 1.54) is 0 Å². The number of hydrogen-bond donors (Lipinski definition) is 3. The highest BCUT2D eigenvalue weighted by molar-refractivity contribution is 5.94. The zero-order valence-corrected chi connectivity index (χ0v) is 19.8. The highest BCUT2D eigenvalue weighted by Crippen LogP contribution is 2.32. The second-order valence-corrected chi connectivity index (χ2v) is 9.31. The van der Waals surface area contributed by atoms with Crippen LogP contribution in [0.3, 0.4) is 0 Å².